The van der Waals surface area contributed by atoms with Crippen LogP contribution in [-0.2, 0) is 0 Å². The molecule has 0 saturated carbocycles. The minimum atomic E-state index is 0.0291. The fraction of sp³-hybridized carbons (Fsp3) is 0.333. The van der Waals surface area contributed by atoms with Gasteiger partial charge >= 0.3 is 0 Å². The molecule has 5 heteroatoms. The SMILES string of the molecule is CCCN1C(=S)N[C@H](c2ccccn2)[C@H]1c1ccco1. The Morgan fingerprint density at radius 2 is 2.25 bits per heavy atom. The first-order valence-electron chi connectivity index (χ1n) is 6.82. The summed E-state index contributed by atoms with van der Waals surface area (Å²) < 4.78 is 5.62. The van der Waals surface area contributed by atoms with E-state index in [2.05, 4.69) is 22.1 Å². The summed E-state index contributed by atoms with van der Waals surface area (Å²) in [6.45, 7) is 3.05. The lowest BCUT2D eigenvalue weighted by Crippen LogP contribution is -2.30. The van der Waals surface area contributed by atoms with Gasteiger partial charge in [-0.25, -0.2) is 0 Å². The van der Waals surface area contributed by atoms with Crippen LogP contribution in [-0.4, -0.2) is 21.5 Å². The van der Waals surface area contributed by atoms with Gasteiger partial charge in [0.2, 0.25) is 0 Å². The van der Waals surface area contributed by atoms with Crippen molar-refractivity contribution in [2.24, 2.45) is 0 Å². The first-order valence-corrected chi connectivity index (χ1v) is 7.23. The summed E-state index contributed by atoms with van der Waals surface area (Å²) in [6, 6.07) is 9.94. The molecule has 20 heavy (non-hydrogen) atoms. The van der Waals surface area contributed by atoms with Crippen LogP contribution < -0.4 is 5.32 Å². The lowest BCUT2D eigenvalue weighted by Gasteiger charge is -2.25. The van der Waals surface area contributed by atoms with E-state index < -0.39 is 0 Å². The number of nitrogens with zero attached hydrogens (tertiary/aromatic N) is 2. The Morgan fingerprint density at radius 1 is 1.35 bits per heavy atom. The fourth-order valence-corrected chi connectivity index (χ4v) is 2.99. The highest BCUT2D eigenvalue weighted by molar-refractivity contribution is 7.80. The third-order valence-corrected chi connectivity index (χ3v) is 3.85. The van der Waals surface area contributed by atoms with Crippen molar-refractivity contribution in [2.45, 2.75) is 25.4 Å². The van der Waals surface area contributed by atoms with Gasteiger partial charge in [-0.15, -0.1) is 0 Å². The van der Waals surface area contributed by atoms with E-state index in [1.807, 2.05) is 36.5 Å². The van der Waals surface area contributed by atoms with Crippen molar-refractivity contribution in [3.05, 3.63) is 54.2 Å². The first-order chi connectivity index (χ1) is 9.81. The third-order valence-electron chi connectivity index (χ3n) is 3.50. The smallest absolute Gasteiger partial charge is 0.170 e. The van der Waals surface area contributed by atoms with Crippen molar-refractivity contribution in [2.75, 3.05) is 6.54 Å². The molecule has 2 aromatic heterocycles. The maximum Gasteiger partial charge on any atom is 0.170 e. The van der Waals surface area contributed by atoms with Crippen molar-refractivity contribution < 1.29 is 4.42 Å². The Balaban J connectivity index is 1.99. The van der Waals surface area contributed by atoms with Crippen LogP contribution in [0.5, 0.6) is 0 Å². The second-order valence-electron chi connectivity index (χ2n) is 4.84. The molecule has 3 heterocycles. The van der Waals surface area contributed by atoms with Crippen molar-refractivity contribution in [3.63, 3.8) is 0 Å². The second-order valence-corrected chi connectivity index (χ2v) is 5.22. The fourth-order valence-electron chi connectivity index (χ4n) is 2.66. The molecule has 2 aromatic rings. The van der Waals surface area contributed by atoms with Gasteiger partial charge in [0.15, 0.2) is 5.11 Å². The predicted molar refractivity (Wildman–Crippen MR) is 81.2 cm³/mol. The summed E-state index contributed by atoms with van der Waals surface area (Å²) in [5.74, 6) is 0.918. The summed E-state index contributed by atoms with van der Waals surface area (Å²) >= 11 is 5.48. The maximum atomic E-state index is 5.62. The van der Waals surface area contributed by atoms with Gasteiger partial charge in [0.25, 0.3) is 0 Å². The number of pyridine rings is 1. The lowest BCUT2D eigenvalue weighted by molar-refractivity contribution is 0.273. The summed E-state index contributed by atoms with van der Waals surface area (Å²) in [4.78, 5) is 6.65. The van der Waals surface area contributed by atoms with Crippen LogP contribution in [0.3, 0.4) is 0 Å². The molecule has 0 unspecified atom stereocenters. The predicted octanol–water partition coefficient (Wildman–Crippen LogP) is 3.06. The molecule has 0 aliphatic carbocycles. The van der Waals surface area contributed by atoms with Crippen LogP contribution in [0.4, 0.5) is 0 Å². The third kappa shape index (κ3) is 2.29. The zero-order chi connectivity index (χ0) is 13.9. The molecule has 1 N–H and O–H groups in total. The summed E-state index contributed by atoms with van der Waals surface area (Å²) in [7, 11) is 0. The number of rotatable bonds is 4. The van der Waals surface area contributed by atoms with Gasteiger partial charge in [0.05, 0.1) is 18.0 Å². The minimum Gasteiger partial charge on any atom is -0.467 e. The molecule has 0 radical (unpaired) electrons. The molecule has 1 aliphatic heterocycles. The van der Waals surface area contributed by atoms with Crippen LogP contribution in [0.1, 0.15) is 36.9 Å². The monoisotopic (exact) mass is 287 g/mol. The van der Waals surface area contributed by atoms with Crippen LogP contribution >= 0.6 is 12.2 Å². The van der Waals surface area contributed by atoms with E-state index in [1.54, 1.807) is 6.26 Å². The Morgan fingerprint density at radius 3 is 2.90 bits per heavy atom. The van der Waals surface area contributed by atoms with E-state index in [1.165, 1.54) is 0 Å². The van der Waals surface area contributed by atoms with Gasteiger partial charge in [-0.05, 0) is 42.9 Å². The molecular weight excluding hydrogens is 270 g/mol. The second kappa shape index (κ2) is 5.63. The molecular formula is C15H17N3OS. The lowest BCUT2D eigenvalue weighted by atomic mass is 10.0. The number of thiocarbonyl (C=S) groups is 1. The van der Waals surface area contributed by atoms with Crippen LogP contribution in [0.25, 0.3) is 0 Å². The van der Waals surface area contributed by atoms with Crippen LogP contribution in [0.2, 0.25) is 0 Å². The topological polar surface area (TPSA) is 41.3 Å². The van der Waals surface area contributed by atoms with E-state index in [0.717, 1.165) is 29.5 Å². The van der Waals surface area contributed by atoms with Crippen molar-refractivity contribution in [3.8, 4) is 0 Å². The average Bonchev–Trinajstić information content (AvgIpc) is 3.09. The van der Waals surface area contributed by atoms with Gasteiger partial charge in [-0.1, -0.05) is 13.0 Å². The molecule has 0 spiro atoms. The van der Waals surface area contributed by atoms with Gasteiger partial charge in [0, 0.05) is 12.7 Å². The van der Waals surface area contributed by atoms with Gasteiger partial charge in [0.1, 0.15) is 11.8 Å². The van der Waals surface area contributed by atoms with Gasteiger partial charge < -0.3 is 14.6 Å². The molecule has 1 aliphatic rings. The number of nitrogens with one attached hydrogen (secondary N) is 1. The molecule has 0 amide bonds. The standard InChI is InChI=1S/C15H17N3OS/c1-2-9-18-14(12-7-5-10-19-12)13(17-15(18)20)11-6-3-4-8-16-11/h3-8,10,13-14H,2,9H2,1H3,(H,17,20)/t13-,14-/m1/s1. The van der Waals surface area contributed by atoms with E-state index in [0.29, 0.717) is 0 Å². The zero-order valence-electron chi connectivity index (χ0n) is 11.3. The highest BCUT2D eigenvalue weighted by Gasteiger charge is 2.40. The Labute approximate surface area is 123 Å². The van der Waals surface area contributed by atoms with E-state index in [9.17, 15) is 0 Å². The number of hydrogen-bond donors (Lipinski definition) is 1. The molecule has 3 rings (SSSR count). The largest absolute Gasteiger partial charge is 0.467 e. The van der Waals surface area contributed by atoms with Crippen molar-refractivity contribution in [1.29, 1.82) is 0 Å². The van der Waals surface area contributed by atoms with E-state index in [4.69, 9.17) is 16.6 Å². The normalized spacial score (nSPS) is 22.1. The Kier molecular flexibility index (Phi) is 3.69. The van der Waals surface area contributed by atoms with Crippen LogP contribution in [0.15, 0.2) is 47.2 Å². The van der Waals surface area contributed by atoms with Gasteiger partial charge in [-0.3, -0.25) is 4.98 Å². The number of furan rings is 1. The molecule has 4 nitrogen and oxygen atoms in total. The Bertz CT molecular complexity index is 570. The number of aromatic nitrogens is 1. The average molecular weight is 287 g/mol. The molecule has 0 bridgehead atoms. The van der Waals surface area contributed by atoms with Crippen molar-refractivity contribution in [1.82, 2.24) is 15.2 Å². The highest BCUT2D eigenvalue weighted by Crippen LogP contribution is 2.38. The zero-order valence-corrected chi connectivity index (χ0v) is 12.1. The van der Waals surface area contributed by atoms with Crippen molar-refractivity contribution >= 4 is 17.3 Å². The summed E-state index contributed by atoms with van der Waals surface area (Å²) in [5.41, 5.74) is 0.981. The molecule has 104 valence electrons. The van der Waals surface area contributed by atoms with E-state index >= 15 is 0 Å². The molecule has 2 atom stereocenters. The molecule has 1 fully saturated rings. The summed E-state index contributed by atoms with van der Waals surface area (Å²) in [6.07, 6.45) is 4.55. The van der Waals surface area contributed by atoms with Crippen LogP contribution in [0, 0.1) is 0 Å². The highest BCUT2D eigenvalue weighted by atomic mass is 32.1. The number of hydrogen-bond acceptors (Lipinski definition) is 3. The quantitative estimate of drug-likeness (QED) is 0.875. The molecule has 0 aromatic carbocycles. The Hall–Kier alpha value is -1.88. The maximum absolute atomic E-state index is 5.62. The van der Waals surface area contributed by atoms with E-state index in [-0.39, 0.29) is 12.1 Å². The summed E-state index contributed by atoms with van der Waals surface area (Å²) in [5, 5.41) is 4.15. The minimum absolute atomic E-state index is 0.0291. The first kappa shape index (κ1) is 13.1. The van der Waals surface area contributed by atoms with Gasteiger partial charge in [-0.2, -0.15) is 0 Å². The molecule has 1 saturated heterocycles.